The molecule has 2 rings (SSSR count). The molecular formula is C8H12BrNO. The maximum atomic E-state index is 11.2. The van der Waals surface area contributed by atoms with E-state index in [0.29, 0.717) is 16.8 Å². The molecule has 0 bridgehead atoms. The molecule has 0 spiro atoms. The van der Waals surface area contributed by atoms with Crippen LogP contribution in [0.3, 0.4) is 0 Å². The van der Waals surface area contributed by atoms with E-state index in [1.165, 1.54) is 0 Å². The van der Waals surface area contributed by atoms with Crippen molar-refractivity contribution in [2.75, 3.05) is 6.54 Å². The van der Waals surface area contributed by atoms with Gasteiger partial charge in [-0.25, -0.2) is 0 Å². The van der Waals surface area contributed by atoms with E-state index in [9.17, 15) is 4.79 Å². The van der Waals surface area contributed by atoms with Crippen molar-refractivity contribution in [3.8, 4) is 0 Å². The SMILES string of the molecule is O=C1CCC2CC(Br)CCN12. The predicted octanol–water partition coefficient (Wildman–Crippen LogP) is 1.53. The number of nitrogens with zero attached hydrogens (tertiary/aromatic N) is 1. The Morgan fingerprint density at radius 2 is 2.27 bits per heavy atom. The van der Waals surface area contributed by atoms with Crippen molar-refractivity contribution in [3.05, 3.63) is 0 Å². The van der Waals surface area contributed by atoms with Crippen LogP contribution in [0, 0.1) is 0 Å². The van der Waals surface area contributed by atoms with Gasteiger partial charge in [0.15, 0.2) is 0 Å². The number of hydrogen-bond donors (Lipinski definition) is 0. The summed E-state index contributed by atoms with van der Waals surface area (Å²) in [6, 6.07) is 0.556. The van der Waals surface area contributed by atoms with E-state index in [4.69, 9.17) is 0 Å². The number of carbonyl (C=O) groups is 1. The van der Waals surface area contributed by atoms with Gasteiger partial charge in [0.25, 0.3) is 0 Å². The van der Waals surface area contributed by atoms with E-state index < -0.39 is 0 Å². The minimum absolute atomic E-state index is 0.370. The highest BCUT2D eigenvalue weighted by atomic mass is 79.9. The molecule has 2 fully saturated rings. The zero-order chi connectivity index (χ0) is 7.84. The van der Waals surface area contributed by atoms with Crippen molar-refractivity contribution in [3.63, 3.8) is 0 Å². The smallest absolute Gasteiger partial charge is 0.222 e. The molecule has 0 aromatic rings. The average Bonchev–Trinajstić information content (AvgIpc) is 2.32. The number of alkyl halides is 1. The Morgan fingerprint density at radius 1 is 1.45 bits per heavy atom. The third-order valence-electron chi connectivity index (χ3n) is 2.66. The largest absolute Gasteiger partial charge is 0.340 e. The normalized spacial score (nSPS) is 37.5. The summed E-state index contributed by atoms with van der Waals surface area (Å²) >= 11 is 3.61. The standard InChI is InChI=1S/C8H12BrNO/c9-6-3-4-10-7(5-6)1-2-8(10)11/h6-7H,1-5H2. The molecule has 2 aliphatic rings. The number of fused-ring (bicyclic) bond motifs is 1. The summed E-state index contributed by atoms with van der Waals surface area (Å²) in [6.45, 7) is 0.972. The molecule has 0 aromatic heterocycles. The number of halogens is 1. The van der Waals surface area contributed by atoms with Crippen LogP contribution in [0.2, 0.25) is 0 Å². The van der Waals surface area contributed by atoms with Crippen LogP contribution in [0.15, 0.2) is 0 Å². The predicted molar refractivity (Wildman–Crippen MR) is 46.7 cm³/mol. The van der Waals surface area contributed by atoms with Crippen LogP contribution in [-0.2, 0) is 4.79 Å². The van der Waals surface area contributed by atoms with E-state index in [0.717, 1.165) is 32.2 Å². The Morgan fingerprint density at radius 3 is 3.09 bits per heavy atom. The molecule has 11 heavy (non-hydrogen) atoms. The lowest BCUT2D eigenvalue weighted by Crippen LogP contribution is -2.40. The van der Waals surface area contributed by atoms with Crippen molar-refractivity contribution in [2.45, 2.75) is 36.6 Å². The Kier molecular flexibility index (Phi) is 1.91. The second kappa shape index (κ2) is 2.77. The van der Waals surface area contributed by atoms with Crippen molar-refractivity contribution in [1.29, 1.82) is 0 Å². The lowest BCUT2D eigenvalue weighted by molar-refractivity contribution is -0.129. The van der Waals surface area contributed by atoms with Crippen molar-refractivity contribution in [1.82, 2.24) is 4.90 Å². The van der Waals surface area contributed by atoms with Crippen LogP contribution in [0.4, 0.5) is 0 Å². The fourth-order valence-electron chi connectivity index (χ4n) is 2.04. The molecule has 0 aliphatic carbocycles. The summed E-state index contributed by atoms with van der Waals surface area (Å²) < 4.78 is 0. The zero-order valence-electron chi connectivity index (χ0n) is 6.42. The molecule has 2 unspecified atom stereocenters. The summed E-state index contributed by atoms with van der Waals surface area (Å²) in [4.78, 5) is 13.9. The third kappa shape index (κ3) is 1.31. The fourth-order valence-corrected chi connectivity index (χ4v) is 2.67. The molecule has 1 amide bonds. The highest BCUT2D eigenvalue weighted by Gasteiger charge is 2.35. The fraction of sp³-hybridized carbons (Fsp3) is 0.875. The number of amides is 1. The molecule has 2 heterocycles. The molecular weight excluding hydrogens is 206 g/mol. The lowest BCUT2D eigenvalue weighted by atomic mass is 10.0. The number of rotatable bonds is 0. The van der Waals surface area contributed by atoms with Gasteiger partial charge in [0.1, 0.15) is 0 Å². The highest BCUT2D eigenvalue weighted by Crippen LogP contribution is 2.30. The first-order valence-electron chi connectivity index (χ1n) is 4.21. The van der Waals surface area contributed by atoms with Gasteiger partial charge in [0.2, 0.25) is 5.91 Å². The molecule has 2 nitrogen and oxygen atoms in total. The van der Waals surface area contributed by atoms with Crippen molar-refractivity contribution in [2.24, 2.45) is 0 Å². The first-order chi connectivity index (χ1) is 5.27. The molecule has 2 aliphatic heterocycles. The summed E-state index contributed by atoms with van der Waals surface area (Å²) in [5.41, 5.74) is 0. The average molecular weight is 218 g/mol. The van der Waals surface area contributed by atoms with Gasteiger partial charge < -0.3 is 4.90 Å². The number of piperidine rings is 1. The monoisotopic (exact) mass is 217 g/mol. The lowest BCUT2D eigenvalue weighted by Gasteiger charge is -2.32. The number of hydrogen-bond acceptors (Lipinski definition) is 1. The van der Waals surface area contributed by atoms with Gasteiger partial charge >= 0.3 is 0 Å². The minimum Gasteiger partial charge on any atom is -0.340 e. The number of carbonyl (C=O) groups excluding carboxylic acids is 1. The van der Waals surface area contributed by atoms with Crippen LogP contribution in [0.25, 0.3) is 0 Å². The minimum atomic E-state index is 0.370. The summed E-state index contributed by atoms with van der Waals surface area (Å²) in [5.74, 6) is 0.370. The van der Waals surface area contributed by atoms with Gasteiger partial charge in [0.05, 0.1) is 0 Å². The quantitative estimate of drug-likeness (QED) is 0.564. The van der Waals surface area contributed by atoms with Gasteiger partial charge in [-0.05, 0) is 19.3 Å². The molecule has 62 valence electrons. The van der Waals surface area contributed by atoms with Gasteiger partial charge in [-0.1, -0.05) is 15.9 Å². The molecule has 2 atom stereocenters. The van der Waals surface area contributed by atoms with Gasteiger partial charge in [-0.2, -0.15) is 0 Å². The molecule has 0 radical (unpaired) electrons. The maximum absolute atomic E-state index is 11.2. The van der Waals surface area contributed by atoms with Crippen LogP contribution in [-0.4, -0.2) is 28.2 Å². The first kappa shape index (κ1) is 7.59. The Labute approximate surface area is 75.1 Å². The highest BCUT2D eigenvalue weighted by molar-refractivity contribution is 9.09. The second-order valence-electron chi connectivity index (χ2n) is 3.40. The molecule has 2 saturated heterocycles. The topological polar surface area (TPSA) is 20.3 Å². The van der Waals surface area contributed by atoms with E-state index in [2.05, 4.69) is 20.8 Å². The van der Waals surface area contributed by atoms with E-state index >= 15 is 0 Å². The molecule has 0 aromatic carbocycles. The van der Waals surface area contributed by atoms with Crippen LogP contribution >= 0.6 is 15.9 Å². The Balaban J connectivity index is 2.06. The van der Waals surface area contributed by atoms with Crippen LogP contribution in [0.1, 0.15) is 25.7 Å². The van der Waals surface area contributed by atoms with Gasteiger partial charge in [0, 0.05) is 23.8 Å². The zero-order valence-corrected chi connectivity index (χ0v) is 8.01. The summed E-state index contributed by atoms with van der Waals surface area (Å²) in [7, 11) is 0. The maximum Gasteiger partial charge on any atom is 0.222 e. The summed E-state index contributed by atoms with van der Waals surface area (Å²) in [6.07, 6.45) is 4.15. The second-order valence-corrected chi connectivity index (χ2v) is 4.70. The third-order valence-corrected chi connectivity index (χ3v) is 3.50. The Hall–Kier alpha value is -0.0500. The van der Waals surface area contributed by atoms with Crippen LogP contribution < -0.4 is 0 Å². The van der Waals surface area contributed by atoms with E-state index in [1.807, 2.05) is 0 Å². The molecule has 0 saturated carbocycles. The first-order valence-corrected chi connectivity index (χ1v) is 5.12. The molecule has 0 N–H and O–H groups in total. The Bertz CT molecular complexity index is 183. The van der Waals surface area contributed by atoms with Crippen LogP contribution in [0.5, 0.6) is 0 Å². The van der Waals surface area contributed by atoms with E-state index in [1.54, 1.807) is 0 Å². The van der Waals surface area contributed by atoms with E-state index in [-0.39, 0.29) is 0 Å². The van der Waals surface area contributed by atoms with Gasteiger partial charge in [-0.3, -0.25) is 4.79 Å². The van der Waals surface area contributed by atoms with Crippen molar-refractivity contribution >= 4 is 21.8 Å². The summed E-state index contributed by atoms with van der Waals surface area (Å²) in [5, 5.41) is 0. The van der Waals surface area contributed by atoms with Gasteiger partial charge in [-0.15, -0.1) is 0 Å². The van der Waals surface area contributed by atoms with Crippen molar-refractivity contribution < 1.29 is 4.79 Å². The molecule has 3 heteroatoms.